The lowest BCUT2D eigenvalue weighted by atomic mass is 10.1. The molecule has 0 amide bonds. The average molecular weight is 271 g/mol. The smallest absolute Gasteiger partial charge is 0.162 e. The van der Waals surface area contributed by atoms with Crippen molar-refractivity contribution >= 4 is 11.7 Å². The van der Waals surface area contributed by atoms with Crippen molar-refractivity contribution in [1.29, 1.82) is 5.41 Å². The molecule has 0 atom stereocenters. The van der Waals surface area contributed by atoms with Crippen LogP contribution in [0.5, 0.6) is 5.75 Å². The fourth-order valence-electron chi connectivity index (χ4n) is 1.98. The highest BCUT2D eigenvalue weighted by Gasteiger charge is 2.13. The zero-order valence-electron chi connectivity index (χ0n) is 11.5. The van der Waals surface area contributed by atoms with E-state index < -0.39 is 0 Å². The zero-order chi connectivity index (χ0) is 14.5. The lowest BCUT2D eigenvalue weighted by Crippen LogP contribution is -2.23. The Kier molecular flexibility index (Phi) is 4.14. The molecule has 0 aliphatic carbocycles. The molecule has 0 radical (unpaired) electrons. The van der Waals surface area contributed by atoms with Gasteiger partial charge in [0.2, 0.25) is 0 Å². The maximum atomic E-state index is 7.59. The molecule has 1 aromatic heterocycles. The van der Waals surface area contributed by atoms with Gasteiger partial charge in [-0.25, -0.2) is 0 Å². The lowest BCUT2D eigenvalue weighted by molar-refractivity contribution is 0.409. The van der Waals surface area contributed by atoms with Gasteiger partial charge in [-0.2, -0.15) is 5.10 Å². The molecule has 0 aliphatic heterocycles. The summed E-state index contributed by atoms with van der Waals surface area (Å²) < 4.78 is 5.33. The summed E-state index contributed by atoms with van der Waals surface area (Å²) >= 11 is 0. The predicted octanol–water partition coefficient (Wildman–Crippen LogP) is 1.41. The second kappa shape index (κ2) is 6.01. The minimum Gasteiger partial charge on any atom is -0.496 e. The van der Waals surface area contributed by atoms with Gasteiger partial charge in [-0.1, -0.05) is 18.2 Å². The fourth-order valence-corrected chi connectivity index (χ4v) is 1.98. The SMILES string of the molecule is COc1ccccc1CN(C)c1nnccc1C(=N)N. The minimum atomic E-state index is -0.0261. The average Bonchev–Trinajstić information content (AvgIpc) is 2.47. The van der Waals surface area contributed by atoms with Crippen molar-refractivity contribution in [1.82, 2.24) is 10.2 Å². The number of aromatic nitrogens is 2. The van der Waals surface area contributed by atoms with Gasteiger partial charge in [-0.3, -0.25) is 5.41 Å². The van der Waals surface area contributed by atoms with E-state index in [1.165, 1.54) is 6.20 Å². The third-order valence-electron chi connectivity index (χ3n) is 2.95. The summed E-state index contributed by atoms with van der Waals surface area (Å²) in [6.07, 6.45) is 1.52. The molecule has 2 rings (SSSR count). The summed E-state index contributed by atoms with van der Waals surface area (Å²) in [5.74, 6) is 1.36. The highest BCUT2D eigenvalue weighted by Crippen LogP contribution is 2.22. The van der Waals surface area contributed by atoms with Gasteiger partial charge in [0.05, 0.1) is 18.9 Å². The number of nitrogens with one attached hydrogen (secondary N) is 1. The van der Waals surface area contributed by atoms with Crippen molar-refractivity contribution in [3.8, 4) is 5.75 Å². The molecule has 20 heavy (non-hydrogen) atoms. The second-order valence-corrected chi connectivity index (χ2v) is 4.35. The van der Waals surface area contributed by atoms with Crippen LogP contribution >= 0.6 is 0 Å². The van der Waals surface area contributed by atoms with Crippen molar-refractivity contribution < 1.29 is 4.74 Å². The molecule has 2 aromatic rings. The van der Waals surface area contributed by atoms with Gasteiger partial charge in [0.1, 0.15) is 11.6 Å². The van der Waals surface area contributed by atoms with E-state index in [1.54, 1.807) is 13.2 Å². The first-order chi connectivity index (χ1) is 9.63. The molecule has 0 saturated heterocycles. The van der Waals surface area contributed by atoms with Gasteiger partial charge in [-0.15, -0.1) is 5.10 Å². The Morgan fingerprint density at radius 2 is 2.10 bits per heavy atom. The van der Waals surface area contributed by atoms with Crippen LogP contribution in [0, 0.1) is 5.41 Å². The minimum absolute atomic E-state index is 0.0261. The molecule has 0 aliphatic rings. The Hall–Kier alpha value is -2.63. The third-order valence-corrected chi connectivity index (χ3v) is 2.95. The second-order valence-electron chi connectivity index (χ2n) is 4.35. The molecular weight excluding hydrogens is 254 g/mol. The standard InChI is InChI=1S/C14H17N5O/c1-19(9-10-5-3-4-6-12(10)20-2)14-11(13(15)16)7-8-17-18-14/h3-8H,9H2,1-2H3,(H3,15,16). The quantitative estimate of drug-likeness (QED) is 0.634. The Labute approximate surface area is 117 Å². The number of hydrogen-bond donors (Lipinski definition) is 2. The number of anilines is 1. The maximum Gasteiger partial charge on any atom is 0.162 e. The van der Waals surface area contributed by atoms with Crippen molar-refractivity contribution in [2.45, 2.75) is 6.54 Å². The molecule has 0 spiro atoms. The number of nitrogens with two attached hydrogens (primary N) is 1. The third kappa shape index (κ3) is 2.85. The summed E-state index contributed by atoms with van der Waals surface area (Å²) in [7, 11) is 3.52. The van der Waals surface area contributed by atoms with Crippen molar-refractivity contribution in [2.24, 2.45) is 5.73 Å². The maximum absolute atomic E-state index is 7.59. The molecule has 104 valence electrons. The van der Waals surface area contributed by atoms with Gasteiger partial charge >= 0.3 is 0 Å². The van der Waals surface area contributed by atoms with E-state index in [0.717, 1.165) is 11.3 Å². The first-order valence-electron chi connectivity index (χ1n) is 6.12. The normalized spacial score (nSPS) is 10.1. The number of ether oxygens (including phenoxy) is 1. The molecule has 0 bridgehead atoms. The highest BCUT2D eigenvalue weighted by atomic mass is 16.5. The molecule has 0 fully saturated rings. The van der Waals surface area contributed by atoms with Gasteiger partial charge in [0.15, 0.2) is 5.82 Å². The summed E-state index contributed by atoms with van der Waals surface area (Å²) in [4.78, 5) is 1.89. The summed E-state index contributed by atoms with van der Waals surface area (Å²) in [6.45, 7) is 0.586. The van der Waals surface area contributed by atoms with Gasteiger partial charge in [-0.05, 0) is 12.1 Å². The van der Waals surface area contributed by atoms with Crippen LogP contribution in [0.25, 0.3) is 0 Å². The first-order valence-corrected chi connectivity index (χ1v) is 6.12. The van der Waals surface area contributed by atoms with Crippen LogP contribution in [0.2, 0.25) is 0 Å². The first kappa shape index (κ1) is 13.8. The summed E-state index contributed by atoms with van der Waals surface area (Å²) in [5.41, 5.74) is 7.16. The number of para-hydroxylation sites is 1. The van der Waals surface area contributed by atoms with Crippen LogP contribution in [0.4, 0.5) is 5.82 Å². The van der Waals surface area contributed by atoms with E-state index in [0.29, 0.717) is 17.9 Å². The van der Waals surface area contributed by atoms with Crippen molar-refractivity contribution in [2.75, 3.05) is 19.1 Å². The topological polar surface area (TPSA) is 88.1 Å². The highest BCUT2D eigenvalue weighted by molar-refractivity contribution is 5.99. The van der Waals surface area contributed by atoms with E-state index in [-0.39, 0.29) is 5.84 Å². The van der Waals surface area contributed by atoms with Crippen LogP contribution < -0.4 is 15.4 Å². The largest absolute Gasteiger partial charge is 0.496 e. The summed E-state index contributed by atoms with van der Waals surface area (Å²) in [6, 6.07) is 9.45. The predicted molar refractivity (Wildman–Crippen MR) is 78.1 cm³/mol. The van der Waals surface area contributed by atoms with Crippen LogP contribution in [0.15, 0.2) is 36.5 Å². The van der Waals surface area contributed by atoms with Crippen LogP contribution in [-0.2, 0) is 6.54 Å². The molecule has 1 aromatic carbocycles. The summed E-state index contributed by atoms with van der Waals surface area (Å²) in [5, 5.41) is 15.5. The van der Waals surface area contributed by atoms with E-state index in [9.17, 15) is 0 Å². The molecule has 6 nitrogen and oxygen atoms in total. The number of nitrogen functional groups attached to an aromatic ring is 1. The Balaban J connectivity index is 2.29. The number of nitrogens with zero attached hydrogens (tertiary/aromatic N) is 3. The Bertz CT molecular complexity index is 614. The molecule has 3 N–H and O–H groups in total. The monoisotopic (exact) mass is 271 g/mol. The van der Waals surface area contributed by atoms with Crippen LogP contribution in [-0.4, -0.2) is 30.2 Å². The van der Waals surface area contributed by atoms with Gasteiger partial charge in [0, 0.05) is 19.2 Å². The van der Waals surface area contributed by atoms with Crippen molar-refractivity contribution in [3.05, 3.63) is 47.7 Å². The molecule has 0 unspecified atom stereocenters. The van der Waals surface area contributed by atoms with E-state index in [2.05, 4.69) is 10.2 Å². The Morgan fingerprint density at radius 1 is 1.35 bits per heavy atom. The van der Waals surface area contributed by atoms with Crippen LogP contribution in [0.1, 0.15) is 11.1 Å². The number of hydrogen-bond acceptors (Lipinski definition) is 5. The Morgan fingerprint density at radius 3 is 2.80 bits per heavy atom. The number of amidine groups is 1. The van der Waals surface area contributed by atoms with Gasteiger partial charge < -0.3 is 15.4 Å². The van der Waals surface area contributed by atoms with Gasteiger partial charge in [0.25, 0.3) is 0 Å². The zero-order valence-corrected chi connectivity index (χ0v) is 11.5. The number of benzene rings is 1. The number of rotatable bonds is 5. The molecule has 0 saturated carbocycles. The van der Waals surface area contributed by atoms with Crippen LogP contribution in [0.3, 0.4) is 0 Å². The fraction of sp³-hybridized carbons (Fsp3) is 0.214. The van der Waals surface area contributed by atoms with E-state index in [1.807, 2.05) is 36.2 Å². The molecular formula is C14H17N5O. The number of methoxy groups -OCH3 is 1. The van der Waals surface area contributed by atoms with Crippen molar-refractivity contribution in [3.63, 3.8) is 0 Å². The molecule has 6 heteroatoms. The molecule has 1 heterocycles. The van der Waals surface area contributed by atoms with E-state index in [4.69, 9.17) is 15.9 Å². The van der Waals surface area contributed by atoms with E-state index >= 15 is 0 Å². The lowest BCUT2D eigenvalue weighted by Gasteiger charge is -2.21.